The van der Waals surface area contributed by atoms with Crippen molar-refractivity contribution in [2.75, 3.05) is 14.2 Å². The minimum Gasteiger partial charge on any atom is -0.493 e. The topological polar surface area (TPSA) is 84.9 Å². The van der Waals surface area contributed by atoms with Gasteiger partial charge in [-0.3, -0.25) is 9.59 Å². The van der Waals surface area contributed by atoms with E-state index in [1.807, 2.05) is 19.1 Å². The lowest BCUT2D eigenvalue weighted by atomic mass is 9.95. The molecule has 2 aromatic rings. The maximum Gasteiger partial charge on any atom is 0.305 e. The van der Waals surface area contributed by atoms with E-state index in [9.17, 15) is 14.7 Å². The molecule has 0 spiro atoms. The predicted molar refractivity (Wildman–Crippen MR) is 112 cm³/mol. The maximum atomic E-state index is 12.6. The van der Waals surface area contributed by atoms with Crippen molar-refractivity contribution in [3.63, 3.8) is 0 Å². The van der Waals surface area contributed by atoms with Crippen LogP contribution in [-0.2, 0) is 16.0 Å². The Bertz CT molecular complexity index is 832. The first-order valence-electron chi connectivity index (χ1n) is 9.69. The zero-order valence-corrected chi connectivity index (χ0v) is 17.4. The molecular weight excluding hydrogens is 370 g/mol. The van der Waals surface area contributed by atoms with Crippen molar-refractivity contribution >= 4 is 11.9 Å². The number of methoxy groups -OCH3 is 2. The lowest BCUT2D eigenvalue weighted by molar-refractivity contribution is -0.137. The van der Waals surface area contributed by atoms with Crippen LogP contribution in [0.3, 0.4) is 0 Å². The summed E-state index contributed by atoms with van der Waals surface area (Å²) in [6, 6.07) is 12.7. The van der Waals surface area contributed by atoms with E-state index < -0.39 is 12.0 Å². The minimum atomic E-state index is -0.992. The summed E-state index contributed by atoms with van der Waals surface area (Å²) in [7, 11) is 3.04. The largest absolute Gasteiger partial charge is 0.493 e. The first kappa shape index (κ1) is 22.3. The zero-order chi connectivity index (χ0) is 21.4. The highest BCUT2D eigenvalue weighted by molar-refractivity contribution is 5.78. The number of amides is 1. The number of hydrogen-bond acceptors (Lipinski definition) is 4. The van der Waals surface area contributed by atoms with E-state index in [1.165, 1.54) is 19.8 Å². The molecule has 0 aromatic heterocycles. The third kappa shape index (κ3) is 6.24. The van der Waals surface area contributed by atoms with Gasteiger partial charge in [0.2, 0.25) is 5.91 Å². The Kier molecular flexibility index (Phi) is 8.07. The second-order valence-corrected chi connectivity index (χ2v) is 7.03. The molecule has 2 rings (SSSR count). The summed E-state index contributed by atoms with van der Waals surface area (Å²) in [4.78, 5) is 24.0. The molecule has 6 heteroatoms. The maximum absolute atomic E-state index is 12.6. The Balaban J connectivity index is 2.12. The number of aliphatic carboxylic acids is 1. The summed E-state index contributed by atoms with van der Waals surface area (Å²) in [6.07, 6.45) is 1.02. The number of rotatable bonds is 10. The number of carbonyl (C=O) groups excluding carboxylic acids is 1. The number of carboxylic acids is 1. The van der Waals surface area contributed by atoms with Gasteiger partial charge >= 0.3 is 5.97 Å². The van der Waals surface area contributed by atoms with Crippen LogP contribution in [0, 0.1) is 0 Å². The van der Waals surface area contributed by atoms with Gasteiger partial charge in [0.05, 0.1) is 26.7 Å². The number of carboxylic acid groups (broad SMARTS) is 1. The third-order valence-corrected chi connectivity index (χ3v) is 4.97. The molecule has 0 bridgehead atoms. The first-order chi connectivity index (χ1) is 13.9. The standard InChI is InChI=1S/C23H29NO5/c1-5-16-6-8-17(9-7-16)15(2)12-22(25)24-19(14-23(26)27)18-10-11-20(28-3)21(13-18)29-4/h6-11,13,15,19H,5,12,14H2,1-4H3,(H,24,25)(H,26,27). The average Bonchev–Trinajstić information content (AvgIpc) is 2.72. The molecule has 0 aliphatic heterocycles. The summed E-state index contributed by atoms with van der Waals surface area (Å²) in [6.45, 7) is 4.09. The van der Waals surface area contributed by atoms with Gasteiger partial charge in [-0.25, -0.2) is 0 Å². The molecule has 2 N–H and O–H groups in total. The molecule has 1 amide bonds. The van der Waals surface area contributed by atoms with Gasteiger partial charge in [-0.15, -0.1) is 0 Å². The van der Waals surface area contributed by atoms with Gasteiger partial charge in [-0.1, -0.05) is 44.2 Å². The molecule has 0 aliphatic rings. The van der Waals surface area contributed by atoms with Gasteiger partial charge in [-0.05, 0) is 41.2 Å². The molecule has 0 saturated heterocycles. The summed E-state index contributed by atoms with van der Waals surface area (Å²) < 4.78 is 10.5. The van der Waals surface area contributed by atoms with Crippen molar-refractivity contribution in [1.29, 1.82) is 0 Å². The molecule has 0 aliphatic carbocycles. The van der Waals surface area contributed by atoms with Crippen LogP contribution in [0.25, 0.3) is 0 Å². The summed E-state index contributed by atoms with van der Waals surface area (Å²) in [5.41, 5.74) is 2.98. The van der Waals surface area contributed by atoms with Crippen LogP contribution in [0.5, 0.6) is 11.5 Å². The van der Waals surface area contributed by atoms with E-state index in [0.29, 0.717) is 17.1 Å². The molecule has 6 nitrogen and oxygen atoms in total. The van der Waals surface area contributed by atoms with Crippen molar-refractivity contribution in [3.8, 4) is 11.5 Å². The van der Waals surface area contributed by atoms with Crippen LogP contribution in [-0.4, -0.2) is 31.2 Å². The van der Waals surface area contributed by atoms with E-state index in [1.54, 1.807) is 18.2 Å². The quantitative estimate of drug-likeness (QED) is 0.628. The molecule has 29 heavy (non-hydrogen) atoms. The Morgan fingerprint density at radius 3 is 2.14 bits per heavy atom. The van der Waals surface area contributed by atoms with E-state index in [2.05, 4.69) is 24.4 Å². The normalized spacial score (nSPS) is 12.7. The predicted octanol–water partition coefficient (Wildman–Crippen LogP) is 4.09. The second-order valence-electron chi connectivity index (χ2n) is 7.03. The van der Waals surface area contributed by atoms with Crippen molar-refractivity contribution in [1.82, 2.24) is 5.32 Å². The molecule has 2 aromatic carbocycles. The zero-order valence-electron chi connectivity index (χ0n) is 17.4. The average molecular weight is 399 g/mol. The fourth-order valence-electron chi connectivity index (χ4n) is 3.23. The Hall–Kier alpha value is -3.02. The van der Waals surface area contributed by atoms with Gasteiger partial charge in [0, 0.05) is 6.42 Å². The van der Waals surface area contributed by atoms with Crippen LogP contribution in [0.2, 0.25) is 0 Å². The van der Waals surface area contributed by atoms with Crippen LogP contribution in [0.15, 0.2) is 42.5 Å². The van der Waals surface area contributed by atoms with E-state index in [-0.39, 0.29) is 24.7 Å². The van der Waals surface area contributed by atoms with Crippen LogP contribution < -0.4 is 14.8 Å². The number of nitrogens with one attached hydrogen (secondary N) is 1. The molecule has 0 heterocycles. The van der Waals surface area contributed by atoms with E-state index in [0.717, 1.165) is 12.0 Å². The number of carbonyl (C=O) groups is 2. The van der Waals surface area contributed by atoms with Gasteiger partial charge < -0.3 is 19.9 Å². The molecular formula is C23H29NO5. The van der Waals surface area contributed by atoms with Crippen molar-refractivity contribution < 1.29 is 24.2 Å². The van der Waals surface area contributed by atoms with Crippen molar-refractivity contribution in [3.05, 3.63) is 59.2 Å². The lowest BCUT2D eigenvalue weighted by Crippen LogP contribution is -2.31. The molecule has 0 fully saturated rings. The fourth-order valence-corrected chi connectivity index (χ4v) is 3.23. The Labute approximate surface area is 171 Å². The van der Waals surface area contributed by atoms with Crippen molar-refractivity contribution in [2.45, 2.75) is 45.1 Å². The highest BCUT2D eigenvalue weighted by Gasteiger charge is 2.21. The third-order valence-electron chi connectivity index (χ3n) is 4.97. The van der Waals surface area contributed by atoms with E-state index in [4.69, 9.17) is 9.47 Å². The molecule has 2 atom stereocenters. The van der Waals surface area contributed by atoms with Gasteiger partial charge in [-0.2, -0.15) is 0 Å². The van der Waals surface area contributed by atoms with Crippen LogP contribution >= 0.6 is 0 Å². The highest BCUT2D eigenvalue weighted by atomic mass is 16.5. The Morgan fingerprint density at radius 2 is 1.59 bits per heavy atom. The van der Waals surface area contributed by atoms with Crippen LogP contribution in [0.1, 0.15) is 55.3 Å². The van der Waals surface area contributed by atoms with E-state index >= 15 is 0 Å². The van der Waals surface area contributed by atoms with Gasteiger partial charge in [0.1, 0.15) is 0 Å². The SMILES string of the molecule is CCc1ccc(C(C)CC(=O)NC(CC(=O)O)c2ccc(OC)c(OC)c2)cc1. The number of benzene rings is 2. The lowest BCUT2D eigenvalue weighted by Gasteiger charge is -2.20. The fraction of sp³-hybridized carbons (Fsp3) is 0.391. The number of ether oxygens (including phenoxy) is 2. The Morgan fingerprint density at radius 1 is 0.966 bits per heavy atom. The smallest absolute Gasteiger partial charge is 0.305 e. The molecule has 156 valence electrons. The monoisotopic (exact) mass is 399 g/mol. The summed E-state index contributed by atoms with van der Waals surface area (Å²) >= 11 is 0. The minimum absolute atomic E-state index is 0.0248. The summed E-state index contributed by atoms with van der Waals surface area (Å²) in [5, 5.41) is 12.1. The highest BCUT2D eigenvalue weighted by Crippen LogP contribution is 2.31. The molecule has 0 saturated carbocycles. The molecule has 0 radical (unpaired) electrons. The van der Waals surface area contributed by atoms with Gasteiger partial charge in [0.15, 0.2) is 11.5 Å². The molecule has 2 unspecified atom stereocenters. The first-order valence-corrected chi connectivity index (χ1v) is 9.69. The number of hydrogen-bond donors (Lipinski definition) is 2. The van der Waals surface area contributed by atoms with Crippen molar-refractivity contribution in [2.24, 2.45) is 0 Å². The summed E-state index contributed by atoms with van der Waals surface area (Å²) in [5.74, 6) is -0.136. The van der Waals surface area contributed by atoms with Gasteiger partial charge in [0.25, 0.3) is 0 Å². The van der Waals surface area contributed by atoms with Crippen LogP contribution in [0.4, 0.5) is 0 Å². The number of aryl methyl sites for hydroxylation is 1. The second kappa shape index (κ2) is 10.5.